The number of nitrogens with zero attached hydrogens (tertiary/aromatic N) is 3. The van der Waals surface area contributed by atoms with E-state index in [0.717, 1.165) is 5.56 Å². The Kier molecular flexibility index (Phi) is 4.50. The summed E-state index contributed by atoms with van der Waals surface area (Å²) < 4.78 is 28.8. The summed E-state index contributed by atoms with van der Waals surface area (Å²) in [6, 6.07) is 14.7. The van der Waals surface area contributed by atoms with Gasteiger partial charge in [0, 0.05) is 25.1 Å². The summed E-state index contributed by atoms with van der Waals surface area (Å²) >= 11 is 0. The van der Waals surface area contributed by atoms with Gasteiger partial charge < -0.3 is 4.57 Å². The highest BCUT2D eigenvalue weighted by Crippen LogP contribution is 2.08. The summed E-state index contributed by atoms with van der Waals surface area (Å²) in [5.41, 5.74) is 1.12. The van der Waals surface area contributed by atoms with Gasteiger partial charge in [0.25, 0.3) is 10.0 Å². The maximum absolute atomic E-state index is 12.2. The molecule has 0 amide bonds. The lowest BCUT2D eigenvalue weighted by atomic mass is 10.2. The van der Waals surface area contributed by atoms with Crippen LogP contribution < -0.4 is 4.72 Å². The molecule has 0 aliphatic carbocycles. The summed E-state index contributed by atoms with van der Waals surface area (Å²) in [7, 11) is -3.64. The van der Waals surface area contributed by atoms with Gasteiger partial charge in [-0.05, 0) is 17.7 Å². The van der Waals surface area contributed by atoms with Crippen molar-refractivity contribution in [2.24, 2.45) is 0 Å². The number of pyridine rings is 1. The number of benzene rings is 1. The van der Waals surface area contributed by atoms with Crippen LogP contribution in [-0.4, -0.2) is 23.0 Å². The van der Waals surface area contributed by atoms with Crippen LogP contribution >= 0.6 is 0 Å². The molecule has 0 bridgehead atoms. The van der Waals surface area contributed by atoms with Gasteiger partial charge in [0.1, 0.15) is 5.82 Å². The van der Waals surface area contributed by atoms with E-state index in [-0.39, 0.29) is 11.6 Å². The van der Waals surface area contributed by atoms with E-state index in [1.807, 2.05) is 41.1 Å². The van der Waals surface area contributed by atoms with Gasteiger partial charge in [-0.2, -0.15) is 0 Å². The van der Waals surface area contributed by atoms with E-state index in [4.69, 9.17) is 0 Å². The van der Waals surface area contributed by atoms with Crippen molar-refractivity contribution in [2.75, 3.05) is 0 Å². The lowest BCUT2D eigenvalue weighted by Gasteiger charge is -2.09. The first-order valence-corrected chi connectivity index (χ1v) is 8.58. The van der Waals surface area contributed by atoms with Crippen molar-refractivity contribution in [1.29, 1.82) is 0 Å². The smallest absolute Gasteiger partial charge is 0.258 e. The van der Waals surface area contributed by atoms with Gasteiger partial charge in [-0.1, -0.05) is 36.4 Å². The van der Waals surface area contributed by atoms with Crippen LogP contribution in [0.1, 0.15) is 11.4 Å². The molecule has 0 spiro atoms. The molecule has 1 aromatic carbocycles. The number of hydrogen-bond acceptors (Lipinski definition) is 4. The molecule has 2 aromatic heterocycles. The van der Waals surface area contributed by atoms with E-state index in [9.17, 15) is 8.42 Å². The van der Waals surface area contributed by atoms with E-state index in [1.54, 1.807) is 18.3 Å². The van der Waals surface area contributed by atoms with Crippen LogP contribution in [0.5, 0.6) is 0 Å². The van der Waals surface area contributed by atoms with Crippen molar-refractivity contribution in [3.63, 3.8) is 0 Å². The van der Waals surface area contributed by atoms with Gasteiger partial charge in [-0.15, -0.1) is 0 Å². The van der Waals surface area contributed by atoms with Crippen molar-refractivity contribution >= 4 is 10.0 Å². The van der Waals surface area contributed by atoms with Gasteiger partial charge >= 0.3 is 0 Å². The first-order chi connectivity index (χ1) is 11.1. The molecule has 0 saturated carbocycles. The second kappa shape index (κ2) is 6.72. The predicted molar refractivity (Wildman–Crippen MR) is 86.0 cm³/mol. The van der Waals surface area contributed by atoms with Gasteiger partial charge in [-0.3, -0.25) is 0 Å². The molecule has 3 aromatic rings. The quantitative estimate of drug-likeness (QED) is 0.748. The first kappa shape index (κ1) is 15.4. The van der Waals surface area contributed by atoms with Gasteiger partial charge in [0.05, 0.1) is 6.54 Å². The highest BCUT2D eigenvalue weighted by molar-refractivity contribution is 7.89. The third kappa shape index (κ3) is 3.82. The lowest BCUT2D eigenvalue weighted by molar-refractivity contribution is 0.572. The fourth-order valence-electron chi connectivity index (χ4n) is 2.17. The number of nitrogens with one attached hydrogen (secondary N) is 1. The highest BCUT2D eigenvalue weighted by atomic mass is 32.2. The number of rotatable bonds is 6. The molecule has 6 nitrogen and oxygen atoms in total. The van der Waals surface area contributed by atoms with Crippen LogP contribution in [0.4, 0.5) is 0 Å². The van der Waals surface area contributed by atoms with Crippen LogP contribution in [0.3, 0.4) is 0 Å². The summed E-state index contributed by atoms with van der Waals surface area (Å²) in [5.74, 6) is 0.647. The molecule has 0 aliphatic heterocycles. The Balaban J connectivity index is 1.71. The lowest BCUT2D eigenvalue weighted by Crippen LogP contribution is -2.25. The monoisotopic (exact) mass is 328 g/mol. The van der Waals surface area contributed by atoms with Crippen LogP contribution in [-0.2, 0) is 23.1 Å². The molecular formula is C16H16N4O2S. The minimum atomic E-state index is -3.64. The average Bonchev–Trinajstić information content (AvgIpc) is 3.02. The summed E-state index contributed by atoms with van der Waals surface area (Å²) in [6.45, 7) is 0.750. The van der Waals surface area contributed by atoms with Crippen molar-refractivity contribution in [3.8, 4) is 0 Å². The third-order valence-corrected chi connectivity index (χ3v) is 4.65. The number of hydrogen-bond donors (Lipinski definition) is 1. The zero-order chi connectivity index (χ0) is 16.1. The molecule has 0 unspecified atom stereocenters. The summed E-state index contributed by atoms with van der Waals surface area (Å²) in [6.07, 6.45) is 4.94. The Labute approximate surface area is 134 Å². The summed E-state index contributed by atoms with van der Waals surface area (Å²) in [4.78, 5) is 8.09. The Hall–Kier alpha value is -2.51. The molecule has 3 rings (SSSR count). The Morgan fingerprint density at radius 1 is 0.957 bits per heavy atom. The molecule has 1 N–H and O–H groups in total. The van der Waals surface area contributed by atoms with E-state index < -0.39 is 10.0 Å². The molecule has 0 radical (unpaired) electrons. The fraction of sp³-hybridized carbons (Fsp3) is 0.125. The van der Waals surface area contributed by atoms with Gasteiger partial charge in [0.2, 0.25) is 0 Å². The van der Waals surface area contributed by atoms with Crippen molar-refractivity contribution in [3.05, 3.63) is 78.5 Å². The van der Waals surface area contributed by atoms with Crippen LogP contribution in [0, 0.1) is 0 Å². The van der Waals surface area contributed by atoms with Crippen molar-refractivity contribution in [2.45, 2.75) is 18.1 Å². The third-order valence-electron chi connectivity index (χ3n) is 3.33. The minimum absolute atomic E-state index is 0.00108. The normalized spacial score (nSPS) is 11.5. The minimum Gasteiger partial charge on any atom is -0.329 e. The Morgan fingerprint density at radius 2 is 1.74 bits per heavy atom. The molecule has 7 heteroatoms. The van der Waals surface area contributed by atoms with E-state index in [2.05, 4.69) is 14.7 Å². The molecular weight excluding hydrogens is 312 g/mol. The largest absolute Gasteiger partial charge is 0.329 e. The number of aromatic nitrogens is 3. The molecule has 2 heterocycles. The van der Waals surface area contributed by atoms with E-state index >= 15 is 0 Å². The second-order valence-electron chi connectivity index (χ2n) is 4.95. The van der Waals surface area contributed by atoms with E-state index in [0.29, 0.717) is 12.4 Å². The Bertz CT molecular complexity index is 861. The molecule has 23 heavy (non-hydrogen) atoms. The zero-order valence-electron chi connectivity index (χ0n) is 12.3. The molecule has 118 valence electrons. The van der Waals surface area contributed by atoms with Crippen molar-refractivity contribution < 1.29 is 8.42 Å². The molecule has 0 saturated heterocycles. The van der Waals surface area contributed by atoms with Gasteiger partial charge in [-0.25, -0.2) is 23.1 Å². The fourth-order valence-corrected chi connectivity index (χ4v) is 3.10. The first-order valence-electron chi connectivity index (χ1n) is 7.10. The predicted octanol–water partition coefficient (Wildman–Crippen LogP) is 1.80. The molecule has 0 aliphatic rings. The standard InChI is InChI=1S/C16H16N4O2S/c21-23(22,16-8-4-5-9-18-16)19-12-15-17-10-11-20(15)13-14-6-2-1-3-7-14/h1-11,19H,12-13H2. The van der Waals surface area contributed by atoms with E-state index in [1.165, 1.54) is 12.3 Å². The van der Waals surface area contributed by atoms with Crippen molar-refractivity contribution in [1.82, 2.24) is 19.3 Å². The second-order valence-corrected chi connectivity index (χ2v) is 6.66. The maximum Gasteiger partial charge on any atom is 0.258 e. The van der Waals surface area contributed by atoms with Gasteiger partial charge in [0.15, 0.2) is 5.03 Å². The summed E-state index contributed by atoms with van der Waals surface area (Å²) in [5, 5.41) is 0.00108. The topological polar surface area (TPSA) is 76.9 Å². The van der Waals surface area contributed by atoms with Crippen LogP contribution in [0.2, 0.25) is 0 Å². The highest BCUT2D eigenvalue weighted by Gasteiger charge is 2.16. The SMILES string of the molecule is O=S(=O)(NCc1nccn1Cc1ccccc1)c1ccccn1. The molecule has 0 atom stereocenters. The molecule has 0 fully saturated rings. The maximum atomic E-state index is 12.2. The zero-order valence-corrected chi connectivity index (χ0v) is 13.1. The Morgan fingerprint density at radius 3 is 2.48 bits per heavy atom. The number of sulfonamides is 1. The number of imidazole rings is 1. The van der Waals surface area contributed by atoms with Crippen LogP contribution in [0.15, 0.2) is 72.1 Å². The average molecular weight is 328 g/mol. The van der Waals surface area contributed by atoms with Crippen LogP contribution in [0.25, 0.3) is 0 Å².